The molecule has 1 unspecified atom stereocenters. The number of carbonyl (C=O) groups is 3. The van der Waals surface area contributed by atoms with Gasteiger partial charge >= 0.3 is 17.9 Å². The normalized spacial score (nSPS) is 12.4. The van der Waals surface area contributed by atoms with E-state index in [1.165, 1.54) is 193 Å². The summed E-state index contributed by atoms with van der Waals surface area (Å²) >= 11 is 0. The molecular weight excluding hydrogens is 889 g/mol. The lowest BCUT2D eigenvalue weighted by Gasteiger charge is -2.18. The monoisotopic (exact) mass is 1010 g/mol. The zero-order valence-electron chi connectivity index (χ0n) is 47.9. The Bertz CT molecular complexity index is 1290. The first-order valence-corrected chi connectivity index (χ1v) is 31.3. The van der Waals surface area contributed by atoms with Gasteiger partial charge in [0.15, 0.2) is 6.10 Å². The lowest BCUT2D eigenvalue weighted by molar-refractivity contribution is -0.167. The van der Waals surface area contributed by atoms with Gasteiger partial charge in [-0.2, -0.15) is 0 Å². The van der Waals surface area contributed by atoms with Crippen molar-refractivity contribution in [3.05, 3.63) is 60.8 Å². The van der Waals surface area contributed by atoms with Crippen LogP contribution in [-0.2, 0) is 28.6 Å². The highest BCUT2D eigenvalue weighted by Crippen LogP contribution is 2.17. The van der Waals surface area contributed by atoms with E-state index in [1.54, 1.807) is 0 Å². The maximum absolute atomic E-state index is 12.8. The van der Waals surface area contributed by atoms with Gasteiger partial charge in [0.25, 0.3) is 0 Å². The van der Waals surface area contributed by atoms with Crippen LogP contribution in [0.1, 0.15) is 323 Å². The van der Waals surface area contributed by atoms with Crippen molar-refractivity contribution in [2.45, 2.75) is 329 Å². The second-order valence-electron chi connectivity index (χ2n) is 20.9. The van der Waals surface area contributed by atoms with Crippen molar-refractivity contribution in [1.29, 1.82) is 0 Å². The second-order valence-corrected chi connectivity index (χ2v) is 20.9. The van der Waals surface area contributed by atoms with Crippen LogP contribution in [0.2, 0.25) is 0 Å². The minimum absolute atomic E-state index is 0.0865. The van der Waals surface area contributed by atoms with E-state index in [9.17, 15) is 14.4 Å². The van der Waals surface area contributed by atoms with Crippen molar-refractivity contribution in [1.82, 2.24) is 0 Å². The maximum Gasteiger partial charge on any atom is 0.306 e. The van der Waals surface area contributed by atoms with E-state index in [0.29, 0.717) is 19.3 Å². The van der Waals surface area contributed by atoms with Crippen LogP contribution in [-0.4, -0.2) is 37.2 Å². The van der Waals surface area contributed by atoms with E-state index in [2.05, 4.69) is 81.5 Å². The number of unbranched alkanes of at least 4 members (excludes halogenated alkanes) is 36. The second kappa shape index (κ2) is 60.7. The van der Waals surface area contributed by atoms with Gasteiger partial charge in [0.1, 0.15) is 13.2 Å². The average molecular weight is 1010 g/mol. The maximum atomic E-state index is 12.8. The molecule has 0 amide bonds. The number of hydrogen-bond acceptors (Lipinski definition) is 6. The van der Waals surface area contributed by atoms with Crippen molar-refractivity contribution >= 4 is 17.9 Å². The molecule has 0 N–H and O–H groups in total. The highest BCUT2D eigenvalue weighted by molar-refractivity contribution is 5.71. The smallest absolute Gasteiger partial charge is 0.306 e. The molecule has 0 heterocycles. The highest BCUT2D eigenvalue weighted by Gasteiger charge is 2.19. The summed E-state index contributed by atoms with van der Waals surface area (Å²) in [5, 5.41) is 0. The Hall–Kier alpha value is -2.89. The van der Waals surface area contributed by atoms with E-state index in [1.807, 2.05) is 0 Å². The van der Waals surface area contributed by atoms with Gasteiger partial charge in [-0.25, -0.2) is 0 Å². The van der Waals surface area contributed by atoms with Gasteiger partial charge in [-0.05, 0) is 103 Å². The van der Waals surface area contributed by atoms with Crippen LogP contribution in [0, 0.1) is 0 Å². The molecule has 0 radical (unpaired) electrons. The summed E-state index contributed by atoms with van der Waals surface area (Å²) in [5.41, 5.74) is 0. The van der Waals surface area contributed by atoms with Crippen molar-refractivity contribution in [2.75, 3.05) is 13.2 Å². The summed E-state index contributed by atoms with van der Waals surface area (Å²) in [5.74, 6) is -0.914. The van der Waals surface area contributed by atoms with Crippen LogP contribution >= 0.6 is 0 Å². The molecule has 0 saturated heterocycles. The molecule has 0 spiro atoms. The van der Waals surface area contributed by atoms with Gasteiger partial charge in [0, 0.05) is 19.3 Å². The summed E-state index contributed by atoms with van der Waals surface area (Å²) in [6.07, 6.45) is 76.8. The Morgan fingerprint density at radius 1 is 0.292 bits per heavy atom. The Morgan fingerprint density at radius 2 is 0.542 bits per heavy atom. The summed E-state index contributed by atoms with van der Waals surface area (Å²) in [6.45, 7) is 6.50. The highest BCUT2D eigenvalue weighted by atomic mass is 16.6. The summed E-state index contributed by atoms with van der Waals surface area (Å²) in [6, 6.07) is 0. The summed E-state index contributed by atoms with van der Waals surface area (Å²) in [7, 11) is 0. The molecule has 0 aliphatic carbocycles. The molecule has 0 saturated carbocycles. The first-order chi connectivity index (χ1) is 35.5. The molecule has 418 valence electrons. The largest absolute Gasteiger partial charge is 0.462 e. The van der Waals surface area contributed by atoms with Crippen LogP contribution < -0.4 is 0 Å². The summed E-state index contributed by atoms with van der Waals surface area (Å²) < 4.78 is 16.8. The third-order valence-corrected chi connectivity index (χ3v) is 13.7. The third kappa shape index (κ3) is 58.0. The third-order valence-electron chi connectivity index (χ3n) is 13.7. The molecule has 6 heteroatoms. The molecule has 0 aliphatic heterocycles. The van der Waals surface area contributed by atoms with Crippen molar-refractivity contribution in [3.63, 3.8) is 0 Å². The van der Waals surface area contributed by atoms with Gasteiger partial charge < -0.3 is 14.2 Å². The molecule has 0 aliphatic rings. The average Bonchev–Trinajstić information content (AvgIpc) is 3.38. The van der Waals surface area contributed by atoms with Gasteiger partial charge in [0.2, 0.25) is 0 Å². The lowest BCUT2D eigenvalue weighted by atomic mass is 10.0. The fraction of sp³-hybridized carbons (Fsp3) is 0.803. The molecule has 6 nitrogen and oxygen atoms in total. The topological polar surface area (TPSA) is 78.9 Å². The Morgan fingerprint density at radius 3 is 0.903 bits per heavy atom. The van der Waals surface area contributed by atoms with E-state index in [0.717, 1.165) is 89.9 Å². The van der Waals surface area contributed by atoms with Crippen LogP contribution in [0.3, 0.4) is 0 Å². The first kappa shape index (κ1) is 69.1. The van der Waals surface area contributed by atoms with Gasteiger partial charge in [0.05, 0.1) is 0 Å². The number of rotatable bonds is 57. The lowest BCUT2D eigenvalue weighted by Crippen LogP contribution is -2.30. The van der Waals surface area contributed by atoms with E-state index < -0.39 is 6.10 Å². The fourth-order valence-corrected chi connectivity index (χ4v) is 9.04. The van der Waals surface area contributed by atoms with Crippen molar-refractivity contribution in [3.8, 4) is 0 Å². The predicted molar refractivity (Wildman–Crippen MR) is 312 cm³/mol. The molecule has 0 aromatic carbocycles. The number of allylic oxidation sites excluding steroid dienone is 10. The van der Waals surface area contributed by atoms with Crippen LogP contribution in [0.25, 0.3) is 0 Å². The van der Waals surface area contributed by atoms with Crippen LogP contribution in [0.5, 0.6) is 0 Å². The molecule has 0 aromatic rings. The molecule has 0 bridgehead atoms. The molecule has 0 rings (SSSR count). The van der Waals surface area contributed by atoms with Crippen LogP contribution in [0.15, 0.2) is 60.8 Å². The fourth-order valence-electron chi connectivity index (χ4n) is 9.04. The molecular formula is C66H118O6. The van der Waals surface area contributed by atoms with Gasteiger partial charge in [-0.1, -0.05) is 261 Å². The Labute approximate surface area is 447 Å². The molecule has 0 fully saturated rings. The van der Waals surface area contributed by atoms with E-state index >= 15 is 0 Å². The SMILES string of the molecule is CC/C=C\C/C=C\C/C=C\CCCCCC(=O)OC(COC(=O)CCCCCCC/C=C\CCCCC)COC(=O)CCCCCCCCCCCCCCCCCCC/C=C\CCCCCCCCCC. The number of hydrogen-bond donors (Lipinski definition) is 0. The number of ether oxygens (including phenoxy) is 3. The molecule has 72 heavy (non-hydrogen) atoms. The minimum atomic E-state index is -0.791. The van der Waals surface area contributed by atoms with E-state index in [4.69, 9.17) is 14.2 Å². The zero-order chi connectivity index (χ0) is 52.2. The molecule has 1 atom stereocenters. The minimum Gasteiger partial charge on any atom is -0.462 e. The molecule has 0 aromatic heterocycles. The Kier molecular flexibility index (Phi) is 58.2. The summed E-state index contributed by atoms with van der Waals surface area (Å²) in [4.78, 5) is 38.1. The van der Waals surface area contributed by atoms with E-state index in [-0.39, 0.29) is 31.1 Å². The predicted octanol–water partition coefficient (Wildman–Crippen LogP) is 21.2. The zero-order valence-corrected chi connectivity index (χ0v) is 47.9. The van der Waals surface area contributed by atoms with Gasteiger partial charge in [-0.3, -0.25) is 14.4 Å². The standard InChI is InChI=1S/C66H118O6/c1-4-7-10-13-16-19-22-25-26-27-28-29-30-31-32-33-34-35-36-37-38-39-40-42-44-47-50-53-56-59-65(68)71-62-63(61-70-64(67)58-55-52-49-46-43-24-21-18-15-12-9-6-3)72-66(69)60-57-54-51-48-45-41-23-20-17-14-11-8-5-2/h8,11,17-18,20-21,27-28,41,45,63H,4-7,9-10,12-16,19,22-26,29-40,42-44,46-62H2,1-3H3/b11-8-,20-17-,21-18-,28-27-,45-41-. The number of esters is 3. The first-order valence-electron chi connectivity index (χ1n) is 31.3. The quantitative estimate of drug-likeness (QED) is 0.0261. The van der Waals surface area contributed by atoms with Gasteiger partial charge in [-0.15, -0.1) is 0 Å². The van der Waals surface area contributed by atoms with Crippen LogP contribution in [0.4, 0.5) is 0 Å². The Balaban J connectivity index is 4.14. The number of carbonyl (C=O) groups excluding carboxylic acids is 3. The van der Waals surface area contributed by atoms with Crippen molar-refractivity contribution < 1.29 is 28.6 Å². The van der Waals surface area contributed by atoms with Crippen molar-refractivity contribution in [2.24, 2.45) is 0 Å².